The van der Waals surface area contributed by atoms with Crippen LogP contribution in [0.4, 0.5) is 10.5 Å². The number of fused-ring (bicyclic) bond motifs is 1. The molecule has 0 saturated carbocycles. The number of hydrogen-bond donors (Lipinski definition) is 1. The number of aryl methyl sites for hydroxylation is 1. The minimum atomic E-state index is -0.399. The Morgan fingerprint density at radius 3 is 3.31 bits per heavy atom. The van der Waals surface area contributed by atoms with Gasteiger partial charge in [-0.3, -0.25) is 9.88 Å². The van der Waals surface area contributed by atoms with Crippen LogP contribution >= 0.6 is 0 Å². The fourth-order valence-electron chi connectivity index (χ4n) is 1.86. The van der Waals surface area contributed by atoms with E-state index in [4.69, 9.17) is 10.5 Å². The normalized spacial score (nSPS) is 19.1. The summed E-state index contributed by atoms with van der Waals surface area (Å²) in [5, 5.41) is 0. The molecule has 1 atom stereocenters. The van der Waals surface area contributed by atoms with Gasteiger partial charge in [-0.2, -0.15) is 0 Å². The summed E-state index contributed by atoms with van der Waals surface area (Å²) in [6, 6.07) is 3.64. The Labute approximate surface area is 94.2 Å². The van der Waals surface area contributed by atoms with Gasteiger partial charge < -0.3 is 10.5 Å². The van der Waals surface area contributed by atoms with E-state index in [1.807, 2.05) is 6.07 Å². The number of rotatable bonds is 1. The van der Waals surface area contributed by atoms with Gasteiger partial charge in [0.25, 0.3) is 0 Å². The number of carbonyl (C=O) groups is 1. The second-order valence-electron chi connectivity index (χ2n) is 3.64. The largest absolute Gasteiger partial charge is 0.449 e. The monoisotopic (exact) mass is 221 g/mol. The molecule has 1 aromatic heterocycles. The van der Waals surface area contributed by atoms with Crippen LogP contribution in [-0.2, 0) is 11.2 Å². The number of aromatic nitrogens is 1. The average molecular weight is 221 g/mol. The van der Waals surface area contributed by atoms with E-state index < -0.39 is 6.09 Å². The van der Waals surface area contributed by atoms with Crippen LogP contribution in [0.15, 0.2) is 18.3 Å². The number of carbonyl (C=O) groups excluding carboxylic acids is 1. The molecule has 1 aliphatic heterocycles. The molecule has 0 fully saturated rings. The summed E-state index contributed by atoms with van der Waals surface area (Å²) >= 11 is 0. The van der Waals surface area contributed by atoms with Crippen molar-refractivity contribution in [3.63, 3.8) is 0 Å². The summed E-state index contributed by atoms with van der Waals surface area (Å²) in [4.78, 5) is 17.5. The summed E-state index contributed by atoms with van der Waals surface area (Å²) in [7, 11) is 0. The Balaban J connectivity index is 2.33. The van der Waals surface area contributed by atoms with Crippen molar-refractivity contribution in [3.8, 4) is 0 Å². The van der Waals surface area contributed by atoms with Gasteiger partial charge in [0.05, 0.1) is 24.2 Å². The minimum Gasteiger partial charge on any atom is -0.449 e. The van der Waals surface area contributed by atoms with Gasteiger partial charge in [0.2, 0.25) is 0 Å². The molecule has 86 valence electrons. The third-order valence-corrected chi connectivity index (χ3v) is 2.60. The Bertz CT molecular complexity index is 395. The van der Waals surface area contributed by atoms with E-state index in [1.165, 1.54) is 4.90 Å². The van der Waals surface area contributed by atoms with E-state index in [0.29, 0.717) is 13.0 Å². The first-order valence-electron chi connectivity index (χ1n) is 5.39. The fourth-order valence-corrected chi connectivity index (χ4v) is 1.86. The van der Waals surface area contributed by atoms with Crippen LogP contribution in [0.2, 0.25) is 0 Å². The maximum absolute atomic E-state index is 11.8. The van der Waals surface area contributed by atoms with Gasteiger partial charge in [0, 0.05) is 6.20 Å². The summed E-state index contributed by atoms with van der Waals surface area (Å²) in [6.07, 6.45) is 2.51. The molecule has 0 aromatic carbocycles. The van der Waals surface area contributed by atoms with E-state index in [1.54, 1.807) is 19.2 Å². The summed E-state index contributed by atoms with van der Waals surface area (Å²) in [6.45, 7) is 2.12. The van der Waals surface area contributed by atoms with Gasteiger partial charge in [-0.05, 0) is 31.9 Å². The first kappa shape index (κ1) is 10.9. The highest BCUT2D eigenvalue weighted by atomic mass is 16.6. The Hall–Kier alpha value is -1.62. The van der Waals surface area contributed by atoms with E-state index in [9.17, 15) is 4.79 Å². The molecule has 2 rings (SSSR count). The van der Waals surface area contributed by atoms with Crippen LogP contribution in [0.5, 0.6) is 0 Å². The summed E-state index contributed by atoms with van der Waals surface area (Å²) in [5.41, 5.74) is 7.59. The molecule has 1 aromatic rings. The molecule has 0 bridgehead atoms. The van der Waals surface area contributed by atoms with E-state index in [-0.39, 0.29) is 6.17 Å². The van der Waals surface area contributed by atoms with Crippen molar-refractivity contribution in [1.82, 2.24) is 4.98 Å². The number of nitrogens with zero attached hydrogens (tertiary/aromatic N) is 2. The fraction of sp³-hybridized carbons (Fsp3) is 0.455. The Morgan fingerprint density at radius 1 is 1.75 bits per heavy atom. The van der Waals surface area contributed by atoms with Crippen LogP contribution in [0.3, 0.4) is 0 Å². The molecule has 0 radical (unpaired) electrons. The molecule has 2 N–H and O–H groups in total. The van der Waals surface area contributed by atoms with Crippen LogP contribution in [0, 0.1) is 0 Å². The quantitative estimate of drug-likeness (QED) is 0.775. The number of ether oxygens (including phenoxy) is 1. The van der Waals surface area contributed by atoms with Crippen LogP contribution in [0.25, 0.3) is 0 Å². The number of anilines is 1. The van der Waals surface area contributed by atoms with Gasteiger partial charge in [-0.1, -0.05) is 0 Å². The maximum atomic E-state index is 11.8. The summed E-state index contributed by atoms with van der Waals surface area (Å²) < 4.78 is 4.99. The van der Waals surface area contributed by atoms with Crippen molar-refractivity contribution in [1.29, 1.82) is 0 Å². The van der Waals surface area contributed by atoms with E-state index in [0.717, 1.165) is 17.8 Å². The molecule has 1 amide bonds. The van der Waals surface area contributed by atoms with Gasteiger partial charge in [-0.25, -0.2) is 4.79 Å². The molecule has 5 nitrogen and oxygen atoms in total. The number of amides is 1. The lowest BCUT2D eigenvalue weighted by Crippen LogP contribution is -2.49. The van der Waals surface area contributed by atoms with Crippen molar-refractivity contribution in [3.05, 3.63) is 24.0 Å². The molecular formula is C11H15N3O2. The van der Waals surface area contributed by atoms with Crippen molar-refractivity contribution in [2.75, 3.05) is 11.5 Å². The predicted molar refractivity (Wildman–Crippen MR) is 60.0 cm³/mol. The van der Waals surface area contributed by atoms with Gasteiger partial charge in [-0.15, -0.1) is 0 Å². The van der Waals surface area contributed by atoms with Crippen molar-refractivity contribution in [2.24, 2.45) is 5.73 Å². The lowest BCUT2D eigenvalue weighted by Gasteiger charge is -2.33. The third-order valence-electron chi connectivity index (χ3n) is 2.60. The van der Waals surface area contributed by atoms with Gasteiger partial charge in [0.1, 0.15) is 0 Å². The van der Waals surface area contributed by atoms with Crippen molar-refractivity contribution in [2.45, 2.75) is 25.9 Å². The smallest absolute Gasteiger partial charge is 0.415 e. The van der Waals surface area contributed by atoms with Crippen LogP contribution in [-0.4, -0.2) is 23.8 Å². The lowest BCUT2D eigenvalue weighted by molar-refractivity contribution is 0.156. The summed E-state index contributed by atoms with van der Waals surface area (Å²) in [5.74, 6) is 0. The van der Waals surface area contributed by atoms with Crippen LogP contribution in [0.1, 0.15) is 19.0 Å². The topological polar surface area (TPSA) is 68.5 Å². The predicted octanol–water partition coefficient (Wildman–Crippen LogP) is 1.28. The molecule has 5 heteroatoms. The number of pyridine rings is 1. The highest BCUT2D eigenvalue weighted by molar-refractivity contribution is 5.89. The second kappa shape index (κ2) is 4.49. The zero-order valence-corrected chi connectivity index (χ0v) is 9.22. The van der Waals surface area contributed by atoms with Gasteiger partial charge >= 0.3 is 6.09 Å². The number of nitrogens with two attached hydrogens (primary N) is 1. The van der Waals surface area contributed by atoms with Crippen molar-refractivity contribution >= 4 is 11.8 Å². The molecule has 0 saturated heterocycles. The van der Waals surface area contributed by atoms with Crippen LogP contribution < -0.4 is 10.6 Å². The molecule has 1 unspecified atom stereocenters. The number of hydrogen-bond acceptors (Lipinski definition) is 4. The Morgan fingerprint density at radius 2 is 2.56 bits per heavy atom. The lowest BCUT2D eigenvalue weighted by atomic mass is 10.1. The minimum absolute atomic E-state index is 0.323. The standard InChI is InChI=1S/C11H15N3O2/c1-2-16-11(15)14-9-4-3-7-13-8(9)5-6-10(14)12/h3-4,7,10H,2,5-6,12H2,1H3. The average Bonchev–Trinajstić information content (AvgIpc) is 2.29. The first-order valence-corrected chi connectivity index (χ1v) is 5.39. The first-order chi connectivity index (χ1) is 7.74. The molecule has 0 aliphatic carbocycles. The molecular weight excluding hydrogens is 206 g/mol. The third kappa shape index (κ3) is 1.86. The zero-order valence-electron chi connectivity index (χ0n) is 9.22. The molecule has 16 heavy (non-hydrogen) atoms. The molecule has 0 spiro atoms. The zero-order chi connectivity index (χ0) is 11.5. The second-order valence-corrected chi connectivity index (χ2v) is 3.64. The van der Waals surface area contributed by atoms with E-state index in [2.05, 4.69) is 4.98 Å². The SMILES string of the molecule is CCOC(=O)N1c2cccnc2CCC1N. The maximum Gasteiger partial charge on any atom is 0.415 e. The Kier molecular flexibility index (Phi) is 3.05. The van der Waals surface area contributed by atoms with E-state index >= 15 is 0 Å². The van der Waals surface area contributed by atoms with Crippen molar-refractivity contribution < 1.29 is 9.53 Å². The van der Waals surface area contributed by atoms with Gasteiger partial charge in [0.15, 0.2) is 0 Å². The molecule has 1 aliphatic rings. The highest BCUT2D eigenvalue weighted by Crippen LogP contribution is 2.27. The highest BCUT2D eigenvalue weighted by Gasteiger charge is 2.30. The molecule has 2 heterocycles.